The number of ether oxygens (including phenoxy) is 4. The number of aromatic nitrogens is 1. The fourth-order valence-electron chi connectivity index (χ4n) is 5.56. The second kappa shape index (κ2) is 17.5. The van der Waals surface area contributed by atoms with E-state index in [-0.39, 0.29) is 12.1 Å². The van der Waals surface area contributed by atoms with Crippen LogP contribution in [0, 0.1) is 5.41 Å². The molecule has 4 rings (SSSR count). The summed E-state index contributed by atoms with van der Waals surface area (Å²) in [5.74, 6) is 1.91. The number of amides is 2. The quantitative estimate of drug-likeness (QED) is 0.112. The minimum absolute atomic E-state index is 0.192. The molecule has 2 amide bonds. The molecule has 0 radical (unpaired) electrons. The molecular formula is C37H46ClFN4O5. The molecule has 0 bridgehead atoms. The number of halogens is 2. The molecule has 1 aromatic heterocycles. The summed E-state index contributed by atoms with van der Waals surface area (Å²) in [5, 5.41) is 1.20. The third-order valence-electron chi connectivity index (χ3n) is 8.19. The molecule has 2 aromatic rings. The SMILES string of the molecule is CC/C(C)=C\C(/C=C(\C)F)=NC(=O)N=C(/C=C(\C)Cl)C/C=C(\C)Oc1ccnc2cc(OCCCN3CCC4(COC4)C3)c(OC)cc12. The maximum Gasteiger partial charge on any atom is 0.367 e. The lowest BCUT2D eigenvalue weighted by molar-refractivity contribution is -0.105. The summed E-state index contributed by atoms with van der Waals surface area (Å²) < 4.78 is 37.1. The minimum Gasteiger partial charge on any atom is -0.493 e. The Labute approximate surface area is 287 Å². The minimum atomic E-state index is -0.766. The molecule has 0 aliphatic carbocycles. The second-order valence-electron chi connectivity index (χ2n) is 12.4. The van der Waals surface area contributed by atoms with Gasteiger partial charge in [-0.25, -0.2) is 9.18 Å². The number of fused-ring (bicyclic) bond motifs is 1. The van der Waals surface area contributed by atoms with Gasteiger partial charge < -0.3 is 23.8 Å². The Hall–Kier alpha value is -3.86. The van der Waals surface area contributed by atoms with Crippen molar-refractivity contribution < 1.29 is 28.1 Å². The first-order valence-electron chi connectivity index (χ1n) is 16.3. The molecule has 3 heterocycles. The third kappa shape index (κ3) is 10.8. The van der Waals surface area contributed by atoms with Crippen LogP contribution in [0.15, 0.2) is 80.9 Å². The van der Waals surface area contributed by atoms with Crippen LogP contribution in [0.2, 0.25) is 0 Å². The zero-order valence-electron chi connectivity index (χ0n) is 28.8. The van der Waals surface area contributed by atoms with E-state index in [2.05, 4.69) is 19.9 Å². The Balaban J connectivity index is 1.43. The molecule has 11 heteroatoms. The molecule has 2 fully saturated rings. The highest BCUT2D eigenvalue weighted by Gasteiger charge is 2.43. The number of allylic oxidation sites excluding steroid dienone is 8. The van der Waals surface area contributed by atoms with E-state index in [1.165, 1.54) is 19.4 Å². The smallest absolute Gasteiger partial charge is 0.367 e. The van der Waals surface area contributed by atoms with Crippen LogP contribution in [0.4, 0.5) is 9.18 Å². The van der Waals surface area contributed by atoms with E-state index in [1.54, 1.807) is 51.4 Å². The summed E-state index contributed by atoms with van der Waals surface area (Å²) in [5.41, 5.74) is 2.61. The van der Waals surface area contributed by atoms with Crippen LogP contribution in [-0.4, -0.2) is 73.9 Å². The highest BCUT2D eigenvalue weighted by atomic mass is 35.5. The van der Waals surface area contributed by atoms with Crippen molar-refractivity contribution in [3.05, 3.63) is 70.9 Å². The van der Waals surface area contributed by atoms with Gasteiger partial charge in [-0.3, -0.25) is 4.98 Å². The van der Waals surface area contributed by atoms with Gasteiger partial charge in [0.25, 0.3) is 0 Å². The lowest BCUT2D eigenvalue weighted by Gasteiger charge is -2.37. The Morgan fingerprint density at radius 1 is 1.12 bits per heavy atom. The van der Waals surface area contributed by atoms with Gasteiger partial charge in [-0.1, -0.05) is 24.1 Å². The van der Waals surface area contributed by atoms with Gasteiger partial charge in [0, 0.05) is 47.6 Å². The number of likely N-dealkylation sites (tertiary alicyclic amines) is 1. The molecule has 0 saturated carbocycles. The normalized spacial score (nSPS) is 18.0. The highest BCUT2D eigenvalue weighted by Crippen LogP contribution is 2.38. The maximum atomic E-state index is 13.6. The molecule has 48 heavy (non-hydrogen) atoms. The molecule has 258 valence electrons. The van der Waals surface area contributed by atoms with Crippen LogP contribution >= 0.6 is 11.6 Å². The van der Waals surface area contributed by atoms with Crippen LogP contribution in [-0.2, 0) is 4.74 Å². The molecule has 2 saturated heterocycles. The van der Waals surface area contributed by atoms with Crippen LogP contribution in [0.3, 0.4) is 0 Å². The van der Waals surface area contributed by atoms with E-state index >= 15 is 0 Å². The number of urea groups is 1. The number of methoxy groups -OCH3 is 1. The Morgan fingerprint density at radius 3 is 2.56 bits per heavy atom. The largest absolute Gasteiger partial charge is 0.493 e. The number of aliphatic imine (C=N–C) groups is 2. The van der Waals surface area contributed by atoms with E-state index in [9.17, 15) is 9.18 Å². The molecule has 0 unspecified atom stereocenters. The van der Waals surface area contributed by atoms with Crippen molar-refractivity contribution in [1.29, 1.82) is 0 Å². The van der Waals surface area contributed by atoms with Crippen molar-refractivity contribution in [3.63, 3.8) is 0 Å². The first-order chi connectivity index (χ1) is 23.0. The molecule has 9 nitrogen and oxygen atoms in total. The van der Waals surface area contributed by atoms with Crippen molar-refractivity contribution in [1.82, 2.24) is 9.88 Å². The van der Waals surface area contributed by atoms with Gasteiger partial charge in [0.05, 0.1) is 55.5 Å². The highest BCUT2D eigenvalue weighted by molar-refractivity contribution is 6.31. The molecule has 2 aliphatic rings. The third-order valence-corrected chi connectivity index (χ3v) is 8.30. The number of pyridine rings is 1. The van der Waals surface area contributed by atoms with Gasteiger partial charge in [-0.05, 0) is 89.9 Å². The molecule has 0 N–H and O–H groups in total. The van der Waals surface area contributed by atoms with E-state index in [0.29, 0.717) is 51.3 Å². The van der Waals surface area contributed by atoms with Gasteiger partial charge in [-0.15, -0.1) is 0 Å². The van der Waals surface area contributed by atoms with Gasteiger partial charge in [0.15, 0.2) is 11.5 Å². The van der Waals surface area contributed by atoms with Crippen molar-refractivity contribution in [2.45, 2.75) is 60.3 Å². The van der Waals surface area contributed by atoms with Crippen molar-refractivity contribution in [3.8, 4) is 17.2 Å². The standard InChI is InChI=1S/C37H46ClFN4O5/c1-7-25(2)17-30(19-27(4)39)42-36(44)41-29(18-26(3)38)10-9-28(5)48-33-11-13-40-32-21-35(34(45-6)20-31(32)33)47-16-8-14-43-15-12-37(22-43)23-46-24-37/h9,11,13,17-21H,7-8,10,12,14-16,22-24H2,1-6H3/b25-17-,26-18+,27-19+,28-9+,41-29?,42-30?. The van der Waals surface area contributed by atoms with Crippen molar-refractivity contribution in [2.75, 3.05) is 46.6 Å². The average Bonchev–Trinajstić information content (AvgIpc) is 3.46. The maximum absolute atomic E-state index is 13.6. The Bertz CT molecular complexity index is 1650. The van der Waals surface area contributed by atoms with Crippen LogP contribution in [0.25, 0.3) is 10.9 Å². The average molecular weight is 681 g/mol. The number of hydrogen-bond acceptors (Lipinski definition) is 7. The molecule has 1 spiro atoms. The van der Waals surface area contributed by atoms with E-state index in [1.807, 2.05) is 26.0 Å². The summed E-state index contributed by atoms with van der Waals surface area (Å²) in [6.45, 7) is 14.2. The Kier molecular flexibility index (Phi) is 13.5. The lowest BCUT2D eigenvalue weighted by Crippen LogP contribution is -2.44. The number of hydrogen-bond donors (Lipinski definition) is 0. The van der Waals surface area contributed by atoms with Crippen LogP contribution in [0.5, 0.6) is 17.2 Å². The number of rotatable bonds is 14. The van der Waals surface area contributed by atoms with Gasteiger partial charge >= 0.3 is 6.03 Å². The molecule has 1 aromatic carbocycles. The topological polar surface area (TPSA) is 94.8 Å². The summed E-state index contributed by atoms with van der Waals surface area (Å²) in [4.78, 5) is 27.9. The second-order valence-corrected chi connectivity index (χ2v) is 13.0. The van der Waals surface area contributed by atoms with E-state index in [4.69, 9.17) is 30.5 Å². The fraction of sp³-hybridized carbons (Fsp3) is 0.459. The van der Waals surface area contributed by atoms with Crippen LogP contribution in [0.1, 0.15) is 60.3 Å². The number of benzene rings is 1. The summed E-state index contributed by atoms with van der Waals surface area (Å²) >= 11 is 6.13. The van der Waals surface area contributed by atoms with Crippen LogP contribution < -0.4 is 14.2 Å². The van der Waals surface area contributed by atoms with Gasteiger partial charge in [-0.2, -0.15) is 9.98 Å². The van der Waals surface area contributed by atoms with E-state index < -0.39 is 11.9 Å². The first kappa shape index (κ1) is 37.0. The molecule has 0 atom stereocenters. The Morgan fingerprint density at radius 2 is 1.92 bits per heavy atom. The zero-order valence-corrected chi connectivity index (χ0v) is 29.5. The van der Waals surface area contributed by atoms with Gasteiger partial charge in [0.2, 0.25) is 0 Å². The summed E-state index contributed by atoms with van der Waals surface area (Å²) in [6, 6.07) is 4.74. The van der Waals surface area contributed by atoms with Gasteiger partial charge in [0.1, 0.15) is 5.75 Å². The fourth-order valence-corrected chi connectivity index (χ4v) is 5.68. The number of carbonyl (C=O) groups is 1. The predicted octanol–water partition coefficient (Wildman–Crippen LogP) is 8.78. The monoisotopic (exact) mass is 680 g/mol. The number of nitrogens with zero attached hydrogens (tertiary/aromatic N) is 4. The zero-order chi connectivity index (χ0) is 34.7. The molecule has 2 aliphatic heterocycles. The summed E-state index contributed by atoms with van der Waals surface area (Å²) in [7, 11) is 1.61. The van der Waals surface area contributed by atoms with Crippen molar-refractivity contribution >= 4 is 40.0 Å². The first-order valence-corrected chi connectivity index (χ1v) is 16.7. The molecular weight excluding hydrogens is 635 g/mol. The predicted molar refractivity (Wildman–Crippen MR) is 191 cm³/mol. The summed E-state index contributed by atoms with van der Waals surface area (Å²) in [6.07, 6.45) is 11.0. The lowest BCUT2D eigenvalue weighted by atomic mass is 9.85. The van der Waals surface area contributed by atoms with E-state index in [0.717, 1.165) is 56.6 Å². The van der Waals surface area contributed by atoms with Crippen molar-refractivity contribution in [2.24, 2.45) is 15.4 Å². The number of carbonyl (C=O) groups excluding carboxylic acids is 1.